The van der Waals surface area contributed by atoms with Crippen LogP contribution in [0.5, 0.6) is 0 Å². The van der Waals surface area contributed by atoms with Crippen LogP contribution in [0.15, 0.2) is 10.7 Å². The van der Waals surface area contributed by atoms with E-state index in [-0.39, 0.29) is 12.1 Å². The molecule has 0 aliphatic carbocycles. The van der Waals surface area contributed by atoms with Gasteiger partial charge < -0.3 is 14.8 Å². The van der Waals surface area contributed by atoms with Crippen LogP contribution in [0.3, 0.4) is 0 Å². The van der Waals surface area contributed by atoms with Gasteiger partial charge in [-0.3, -0.25) is 4.68 Å². The molecule has 0 amide bonds. The van der Waals surface area contributed by atoms with Gasteiger partial charge in [0.25, 0.3) is 0 Å². The molecule has 19 heavy (non-hydrogen) atoms. The van der Waals surface area contributed by atoms with Crippen molar-refractivity contribution in [1.82, 2.24) is 15.1 Å². The highest BCUT2D eigenvalue weighted by molar-refractivity contribution is 9.10. The van der Waals surface area contributed by atoms with E-state index in [1.807, 2.05) is 17.9 Å². The first-order chi connectivity index (χ1) is 9.13. The quantitative estimate of drug-likeness (QED) is 0.753. The minimum atomic E-state index is 0.256. The van der Waals surface area contributed by atoms with Crippen molar-refractivity contribution >= 4 is 15.9 Å². The number of hydrogen-bond donors (Lipinski definition) is 1. The van der Waals surface area contributed by atoms with Crippen molar-refractivity contribution in [1.29, 1.82) is 0 Å². The Morgan fingerprint density at radius 2 is 2.16 bits per heavy atom. The normalized spacial score (nSPS) is 14.6. The van der Waals surface area contributed by atoms with Gasteiger partial charge in [-0.25, -0.2) is 0 Å². The molecular weight excluding hydrogens is 310 g/mol. The maximum Gasteiger partial charge on any atom is 0.0696 e. The Hall–Kier alpha value is -0.430. The van der Waals surface area contributed by atoms with Crippen LogP contribution < -0.4 is 5.32 Å². The minimum Gasteiger partial charge on any atom is -0.383 e. The molecule has 0 saturated carbocycles. The Labute approximate surface area is 123 Å². The molecule has 0 bridgehead atoms. The van der Waals surface area contributed by atoms with Crippen LogP contribution >= 0.6 is 15.9 Å². The first-order valence-corrected chi connectivity index (χ1v) is 7.33. The largest absolute Gasteiger partial charge is 0.383 e. The van der Waals surface area contributed by atoms with Crippen molar-refractivity contribution < 1.29 is 9.47 Å². The molecule has 0 fully saturated rings. The predicted molar refractivity (Wildman–Crippen MR) is 79.3 cm³/mol. The molecule has 5 nitrogen and oxygen atoms in total. The second-order valence-corrected chi connectivity index (χ2v) is 5.41. The Morgan fingerprint density at radius 3 is 2.74 bits per heavy atom. The van der Waals surface area contributed by atoms with E-state index in [0.29, 0.717) is 6.61 Å². The van der Waals surface area contributed by atoms with Crippen molar-refractivity contribution in [2.75, 3.05) is 27.9 Å². The number of methoxy groups -OCH3 is 2. The topological polar surface area (TPSA) is 48.3 Å². The number of rotatable bonds is 9. The predicted octanol–water partition coefficient (Wildman–Crippen LogP) is 2.37. The van der Waals surface area contributed by atoms with E-state index in [1.165, 1.54) is 5.69 Å². The number of nitrogens with one attached hydrogen (secondary N) is 1. The Balaban J connectivity index is 2.75. The zero-order valence-corrected chi connectivity index (χ0v) is 13.7. The molecule has 1 rings (SSSR count). The van der Waals surface area contributed by atoms with Crippen molar-refractivity contribution in [3.63, 3.8) is 0 Å². The summed E-state index contributed by atoms with van der Waals surface area (Å²) in [5.74, 6) is 0. The maximum absolute atomic E-state index is 5.31. The lowest BCUT2D eigenvalue weighted by Crippen LogP contribution is -2.23. The molecule has 0 spiro atoms. The highest BCUT2D eigenvalue weighted by Crippen LogP contribution is 2.27. The van der Waals surface area contributed by atoms with Gasteiger partial charge in [-0.1, -0.05) is 0 Å². The van der Waals surface area contributed by atoms with Gasteiger partial charge in [-0.05, 0) is 42.7 Å². The molecular formula is C13H24BrN3O2. The summed E-state index contributed by atoms with van der Waals surface area (Å²) in [4.78, 5) is 0. The lowest BCUT2D eigenvalue weighted by atomic mass is 10.1. The van der Waals surface area contributed by atoms with E-state index < -0.39 is 0 Å². The van der Waals surface area contributed by atoms with Crippen LogP contribution in [-0.2, 0) is 16.0 Å². The smallest absolute Gasteiger partial charge is 0.0696 e. The van der Waals surface area contributed by atoms with Crippen LogP contribution in [0.2, 0.25) is 0 Å². The lowest BCUT2D eigenvalue weighted by molar-refractivity contribution is 0.106. The van der Waals surface area contributed by atoms with E-state index in [0.717, 1.165) is 23.9 Å². The highest BCUT2D eigenvalue weighted by atomic mass is 79.9. The molecule has 0 aliphatic heterocycles. The summed E-state index contributed by atoms with van der Waals surface area (Å²) < 4.78 is 13.5. The summed E-state index contributed by atoms with van der Waals surface area (Å²) in [6, 6.07) is 0.256. The van der Waals surface area contributed by atoms with Crippen molar-refractivity contribution in [3.8, 4) is 0 Å². The fourth-order valence-corrected chi connectivity index (χ4v) is 2.58. The van der Waals surface area contributed by atoms with Gasteiger partial charge in [0.15, 0.2) is 0 Å². The van der Waals surface area contributed by atoms with Crippen LogP contribution in [-0.4, -0.2) is 43.8 Å². The molecule has 0 aliphatic rings. The van der Waals surface area contributed by atoms with Gasteiger partial charge in [-0.15, -0.1) is 0 Å². The molecule has 6 heteroatoms. The zero-order chi connectivity index (χ0) is 14.3. The molecule has 110 valence electrons. The van der Waals surface area contributed by atoms with E-state index in [2.05, 4.69) is 33.3 Å². The Morgan fingerprint density at radius 1 is 1.42 bits per heavy atom. The zero-order valence-electron chi connectivity index (χ0n) is 12.1. The monoisotopic (exact) mass is 333 g/mol. The van der Waals surface area contributed by atoms with Crippen LogP contribution in [0.25, 0.3) is 0 Å². The summed E-state index contributed by atoms with van der Waals surface area (Å²) in [6.45, 7) is 3.51. The Bertz CT molecular complexity index is 371. The fourth-order valence-electron chi connectivity index (χ4n) is 2.01. The first kappa shape index (κ1) is 16.6. The summed E-state index contributed by atoms with van der Waals surface area (Å²) in [7, 11) is 5.42. The summed E-state index contributed by atoms with van der Waals surface area (Å²) >= 11 is 3.58. The first-order valence-electron chi connectivity index (χ1n) is 6.54. The van der Waals surface area contributed by atoms with Crippen molar-refractivity contribution in [2.24, 2.45) is 0 Å². The number of ether oxygens (including phenoxy) is 2. The number of hydrogen-bond acceptors (Lipinski definition) is 4. The van der Waals surface area contributed by atoms with Crippen LogP contribution in [0, 0.1) is 0 Å². The van der Waals surface area contributed by atoms with E-state index in [9.17, 15) is 0 Å². The second kappa shape index (κ2) is 8.68. The molecule has 1 N–H and O–H groups in total. The third kappa shape index (κ3) is 4.87. The van der Waals surface area contributed by atoms with Crippen molar-refractivity contribution in [2.45, 2.75) is 38.5 Å². The molecule has 1 aromatic rings. The van der Waals surface area contributed by atoms with E-state index in [4.69, 9.17) is 9.47 Å². The van der Waals surface area contributed by atoms with Crippen LogP contribution in [0.1, 0.15) is 31.5 Å². The molecule has 2 atom stereocenters. The van der Waals surface area contributed by atoms with Gasteiger partial charge in [0, 0.05) is 14.2 Å². The molecule has 0 aromatic carbocycles. The van der Waals surface area contributed by atoms with Gasteiger partial charge in [0.05, 0.1) is 41.7 Å². The fraction of sp³-hybridized carbons (Fsp3) is 0.769. The Kier molecular flexibility index (Phi) is 7.60. The number of aromatic nitrogens is 2. The molecule has 2 unspecified atom stereocenters. The van der Waals surface area contributed by atoms with Crippen molar-refractivity contribution in [3.05, 3.63) is 16.4 Å². The molecule has 1 heterocycles. The lowest BCUT2D eigenvalue weighted by Gasteiger charge is -2.20. The summed E-state index contributed by atoms with van der Waals surface area (Å²) in [5, 5.41) is 7.74. The van der Waals surface area contributed by atoms with Crippen LogP contribution in [0.4, 0.5) is 0 Å². The van der Waals surface area contributed by atoms with Gasteiger partial charge in [0.1, 0.15) is 0 Å². The van der Waals surface area contributed by atoms with Gasteiger partial charge >= 0.3 is 0 Å². The van der Waals surface area contributed by atoms with E-state index >= 15 is 0 Å². The van der Waals surface area contributed by atoms with Gasteiger partial charge in [-0.2, -0.15) is 5.10 Å². The third-order valence-electron chi connectivity index (χ3n) is 3.28. The SMILES string of the molecule is CNC(CCC(C)OC)c1c(Br)cnn1CCOC. The average Bonchev–Trinajstić information content (AvgIpc) is 2.78. The standard InChI is InChI=1S/C13H24BrN3O2/c1-10(19-4)5-6-12(15-2)13-11(14)9-16-17(13)7-8-18-3/h9-10,12,15H,5-8H2,1-4H3. The third-order valence-corrected chi connectivity index (χ3v) is 3.89. The average molecular weight is 334 g/mol. The minimum absolute atomic E-state index is 0.256. The second-order valence-electron chi connectivity index (χ2n) is 4.56. The molecule has 1 aromatic heterocycles. The van der Waals surface area contributed by atoms with E-state index in [1.54, 1.807) is 14.2 Å². The number of nitrogens with zero attached hydrogens (tertiary/aromatic N) is 2. The highest BCUT2D eigenvalue weighted by Gasteiger charge is 2.19. The number of halogens is 1. The summed E-state index contributed by atoms with van der Waals surface area (Å²) in [5.41, 5.74) is 1.17. The molecule has 0 radical (unpaired) electrons. The summed E-state index contributed by atoms with van der Waals surface area (Å²) in [6.07, 6.45) is 4.12. The maximum atomic E-state index is 5.31. The molecule has 0 saturated heterocycles. The van der Waals surface area contributed by atoms with Gasteiger partial charge in [0.2, 0.25) is 0 Å².